The van der Waals surface area contributed by atoms with Crippen LogP contribution in [0.1, 0.15) is 73.2 Å². The predicted molar refractivity (Wildman–Crippen MR) is 101 cm³/mol. The van der Waals surface area contributed by atoms with Crippen LogP contribution in [0.2, 0.25) is 0 Å². The van der Waals surface area contributed by atoms with Crippen molar-refractivity contribution in [2.24, 2.45) is 5.92 Å². The minimum absolute atomic E-state index is 0.0558. The van der Waals surface area contributed by atoms with Gasteiger partial charge >= 0.3 is 11.9 Å². The van der Waals surface area contributed by atoms with Gasteiger partial charge in [-0.05, 0) is 43.6 Å². The molecular formula is C19H27NO5S. The summed E-state index contributed by atoms with van der Waals surface area (Å²) < 4.78 is 5.34. The largest absolute Gasteiger partial charge is 0.481 e. The average Bonchev–Trinajstić information content (AvgIpc) is 2.73. The van der Waals surface area contributed by atoms with Gasteiger partial charge in [0.1, 0.15) is 5.00 Å². The molecule has 144 valence electrons. The van der Waals surface area contributed by atoms with Crippen LogP contribution in [0.5, 0.6) is 0 Å². The number of carboxylic acids is 1. The second-order valence-corrected chi connectivity index (χ2v) is 7.97. The lowest BCUT2D eigenvalue weighted by Crippen LogP contribution is -2.18. The van der Waals surface area contributed by atoms with Gasteiger partial charge in [-0.1, -0.05) is 20.3 Å². The van der Waals surface area contributed by atoms with Gasteiger partial charge in [0.2, 0.25) is 5.91 Å². The van der Waals surface area contributed by atoms with Crippen LogP contribution >= 0.6 is 11.3 Å². The molecular weight excluding hydrogens is 354 g/mol. The Morgan fingerprint density at radius 2 is 1.92 bits per heavy atom. The zero-order valence-corrected chi connectivity index (χ0v) is 16.2. The first-order chi connectivity index (χ1) is 12.4. The number of amides is 1. The van der Waals surface area contributed by atoms with Gasteiger partial charge in [-0.3, -0.25) is 9.59 Å². The fourth-order valence-corrected chi connectivity index (χ4v) is 4.47. The van der Waals surface area contributed by atoms with Crippen molar-refractivity contribution in [1.29, 1.82) is 0 Å². The van der Waals surface area contributed by atoms with Crippen LogP contribution in [0.4, 0.5) is 5.00 Å². The number of carbonyl (C=O) groups is 3. The van der Waals surface area contributed by atoms with Crippen molar-refractivity contribution in [3.8, 4) is 0 Å². The van der Waals surface area contributed by atoms with Gasteiger partial charge in [-0.25, -0.2) is 4.79 Å². The quantitative estimate of drug-likeness (QED) is 0.524. The van der Waals surface area contributed by atoms with Gasteiger partial charge in [0, 0.05) is 17.7 Å². The number of esters is 1. The van der Waals surface area contributed by atoms with E-state index in [9.17, 15) is 14.4 Å². The SMILES string of the molecule is CCCOC(=O)c1c(NC(=O)C[C@@H](C)CC(=O)O)sc2c1CCCCC2. The standard InChI is InChI=1S/C19H27NO5S/c1-3-9-25-19(24)17-13-7-5-4-6-8-14(13)26-18(17)20-15(21)10-12(2)11-16(22)23/h12H,3-11H2,1-2H3,(H,20,21)(H,22,23)/t12-/m1/s1. The number of thiophene rings is 1. The van der Waals surface area contributed by atoms with Gasteiger partial charge in [-0.2, -0.15) is 0 Å². The van der Waals surface area contributed by atoms with E-state index in [4.69, 9.17) is 9.84 Å². The molecule has 2 N–H and O–H groups in total. The first-order valence-corrected chi connectivity index (χ1v) is 10.1. The maximum Gasteiger partial charge on any atom is 0.341 e. The Balaban J connectivity index is 2.19. The smallest absolute Gasteiger partial charge is 0.341 e. The topological polar surface area (TPSA) is 92.7 Å². The van der Waals surface area contributed by atoms with Gasteiger partial charge in [-0.15, -0.1) is 11.3 Å². The number of rotatable bonds is 8. The Hall–Kier alpha value is -1.89. The highest BCUT2D eigenvalue weighted by Gasteiger charge is 2.27. The summed E-state index contributed by atoms with van der Waals surface area (Å²) in [6, 6.07) is 0. The molecule has 7 heteroatoms. The predicted octanol–water partition coefficient (Wildman–Crippen LogP) is 4.02. The fraction of sp³-hybridized carbons (Fsp3) is 0.632. The van der Waals surface area contributed by atoms with E-state index in [0.29, 0.717) is 17.2 Å². The third-order valence-corrected chi connectivity index (χ3v) is 5.58. The van der Waals surface area contributed by atoms with Crippen LogP contribution in [-0.2, 0) is 27.2 Å². The Labute approximate surface area is 157 Å². The van der Waals surface area contributed by atoms with E-state index in [1.807, 2.05) is 6.92 Å². The summed E-state index contributed by atoms with van der Waals surface area (Å²) in [4.78, 5) is 36.8. The van der Waals surface area contributed by atoms with Crippen molar-refractivity contribution in [3.05, 3.63) is 16.0 Å². The zero-order valence-electron chi connectivity index (χ0n) is 15.4. The Morgan fingerprint density at radius 3 is 2.62 bits per heavy atom. The second-order valence-electron chi connectivity index (χ2n) is 6.86. The molecule has 0 radical (unpaired) electrons. The van der Waals surface area contributed by atoms with Crippen LogP contribution < -0.4 is 5.32 Å². The second kappa shape index (κ2) is 9.71. The molecule has 1 atom stereocenters. The number of hydrogen-bond donors (Lipinski definition) is 2. The molecule has 0 aliphatic heterocycles. The highest BCUT2D eigenvalue weighted by molar-refractivity contribution is 7.17. The summed E-state index contributed by atoms with van der Waals surface area (Å²) in [5.41, 5.74) is 1.52. The van der Waals surface area contributed by atoms with E-state index in [0.717, 1.165) is 49.0 Å². The third kappa shape index (κ3) is 5.56. The van der Waals surface area contributed by atoms with Crippen molar-refractivity contribution in [2.45, 2.75) is 65.2 Å². The first kappa shape index (κ1) is 20.4. The number of ether oxygens (including phenoxy) is 1. The summed E-state index contributed by atoms with van der Waals surface area (Å²) in [7, 11) is 0. The summed E-state index contributed by atoms with van der Waals surface area (Å²) in [5.74, 6) is -1.82. The molecule has 0 saturated carbocycles. The lowest BCUT2D eigenvalue weighted by atomic mass is 10.0. The molecule has 6 nitrogen and oxygen atoms in total. The highest BCUT2D eigenvalue weighted by Crippen LogP contribution is 2.38. The molecule has 1 amide bonds. The van der Waals surface area contributed by atoms with Crippen molar-refractivity contribution in [1.82, 2.24) is 0 Å². The van der Waals surface area contributed by atoms with E-state index in [1.54, 1.807) is 6.92 Å². The van der Waals surface area contributed by atoms with E-state index in [2.05, 4.69) is 5.32 Å². The number of anilines is 1. The van der Waals surface area contributed by atoms with E-state index in [1.165, 1.54) is 11.3 Å². The summed E-state index contributed by atoms with van der Waals surface area (Å²) in [6.45, 7) is 4.02. The lowest BCUT2D eigenvalue weighted by molar-refractivity contribution is -0.138. The number of aryl methyl sites for hydroxylation is 1. The summed E-state index contributed by atoms with van der Waals surface area (Å²) in [6.07, 6.45) is 5.79. The molecule has 0 spiro atoms. The van der Waals surface area contributed by atoms with Crippen molar-refractivity contribution in [2.75, 3.05) is 11.9 Å². The maximum absolute atomic E-state index is 12.6. The van der Waals surface area contributed by atoms with Gasteiger partial charge in [0.05, 0.1) is 12.2 Å². The van der Waals surface area contributed by atoms with Crippen LogP contribution in [0.3, 0.4) is 0 Å². The van der Waals surface area contributed by atoms with Gasteiger partial charge in [0.15, 0.2) is 0 Å². The number of nitrogens with one attached hydrogen (secondary N) is 1. The minimum atomic E-state index is -0.919. The van der Waals surface area contributed by atoms with Crippen LogP contribution in [0, 0.1) is 5.92 Å². The Bertz CT molecular complexity index is 667. The molecule has 1 aliphatic rings. The molecule has 0 unspecified atom stereocenters. The number of carbonyl (C=O) groups excluding carboxylic acids is 2. The molecule has 0 bridgehead atoms. The summed E-state index contributed by atoms with van der Waals surface area (Å²) >= 11 is 1.46. The van der Waals surface area contributed by atoms with E-state index in [-0.39, 0.29) is 30.6 Å². The van der Waals surface area contributed by atoms with Gasteiger partial charge in [0.25, 0.3) is 0 Å². The number of hydrogen-bond acceptors (Lipinski definition) is 5. The van der Waals surface area contributed by atoms with Crippen molar-refractivity contribution in [3.63, 3.8) is 0 Å². The van der Waals surface area contributed by atoms with E-state index >= 15 is 0 Å². The Kier molecular flexibility index (Phi) is 7.63. The number of carboxylic acid groups (broad SMARTS) is 1. The van der Waals surface area contributed by atoms with Gasteiger partial charge < -0.3 is 15.2 Å². The highest BCUT2D eigenvalue weighted by atomic mass is 32.1. The fourth-order valence-electron chi connectivity index (χ4n) is 3.18. The van der Waals surface area contributed by atoms with Crippen molar-refractivity contribution < 1.29 is 24.2 Å². The molecule has 2 rings (SSSR count). The molecule has 1 aromatic heterocycles. The van der Waals surface area contributed by atoms with Crippen LogP contribution in [0.15, 0.2) is 0 Å². The molecule has 1 aliphatic carbocycles. The summed E-state index contributed by atoms with van der Waals surface area (Å²) in [5, 5.41) is 12.2. The molecule has 1 aromatic rings. The minimum Gasteiger partial charge on any atom is -0.481 e. The van der Waals surface area contributed by atoms with E-state index < -0.39 is 5.97 Å². The third-order valence-electron chi connectivity index (χ3n) is 4.37. The molecule has 0 fully saturated rings. The van der Waals surface area contributed by atoms with Crippen LogP contribution in [-0.4, -0.2) is 29.6 Å². The molecule has 1 heterocycles. The van der Waals surface area contributed by atoms with Crippen molar-refractivity contribution >= 4 is 34.2 Å². The normalized spacial score (nSPS) is 14.8. The zero-order chi connectivity index (χ0) is 19.1. The monoisotopic (exact) mass is 381 g/mol. The first-order valence-electron chi connectivity index (χ1n) is 9.25. The number of aliphatic carboxylic acids is 1. The maximum atomic E-state index is 12.6. The molecule has 0 aromatic carbocycles. The lowest BCUT2D eigenvalue weighted by Gasteiger charge is -2.11. The van der Waals surface area contributed by atoms with Crippen LogP contribution in [0.25, 0.3) is 0 Å². The Morgan fingerprint density at radius 1 is 1.19 bits per heavy atom. The number of fused-ring (bicyclic) bond motifs is 1. The molecule has 0 saturated heterocycles. The molecule has 26 heavy (non-hydrogen) atoms. The average molecular weight is 381 g/mol.